The zero-order valence-electron chi connectivity index (χ0n) is 8.60. The molecule has 1 aromatic rings. The largest absolute Gasteiger partial charge is 1.00 e. The zero-order valence-corrected chi connectivity index (χ0v) is 11.4. The molecule has 0 saturated carbocycles. The van der Waals surface area contributed by atoms with Crippen LogP contribution in [0.15, 0.2) is 24.3 Å². The maximum Gasteiger partial charge on any atom is 1.00 e. The molecule has 0 aliphatic carbocycles. The van der Waals surface area contributed by atoms with E-state index >= 15 is 0 Å². The van der Waals surface area contributed by atoms with Crippen molar-refractivity contribution in [2.24, 2.45) is 0 Å². The topological polar surface area (TPSA) is 75.6 Å². The molecule has 1 rings (SSSR count). The first kappa shape index (κ1) is 14.7. The van der Waals surface area contributed by atoms with Crippen LogP contribution in [0.4, 0.5) is 5.69 Å². The van der Waals surface area contributed by atoms with Gasteiger partial charge in [-0.1, -0.05) is 12.1 Å². The van der Waals surface area contributed by atoms with Gasteiger partial charge >= 0.3 is 29.6 Å². The number of hydrogen-bond donors (Lipinski definition) is 2. The Balaban J connectivity index is 0.00000196. The summed E-state index contributed by atoms with van der Waals surface area (Å²) in [5.74, 6) is -0.0101. The molecule has 15 heavy (non-hydrogen) atoms. The van der Waals surface area contributed by atoms with Gasteiger partial charge in [-0.05, 0) is 12.1 Å². The third-order valence-electron chi connectivity index (χ3n) is 1.55. The maximum absolute atomic E-state index is 10.5. The average molecular weight is 240 g/mol. The normalized spacial score (nSPS) is 10.3. The predicted molar refractivity (Wildman–Crippen MR) is 53.0 cm³/mol. The van der Waals surface area contributed by atoms with Gasteiger partial charge in [-0.3, -0.25) is 4.55 Å². The van der Waals surface area contributed by atoms with Gasteiger partial charge in [-0.2, -0.15) is 8.42 Å². The van der Waals surface area contributed by atoms with Crippen LogP contribution < -0.4 is 39.6 Å². The van der Waals surface area contributed by atoms with Gasteiger partial charge in [0.15, 0.2) is 0 Å². The number of rotatable bonds is 4. The molecule has 0 saturated heterocycles. The van der Waals surface area contributed by atoms with Gasteiger partial charge in [-0.25, -0.2) is 0 Å². The molecule has 5 nitrogen and oxygen atoms in total. The van der Waals surface area contributed by atoms with Gasteiger partial charge in [0, 0.05) is 0 Å². The van der Waals surface area contributed by atoms with Crippen molar-refractivity contribution < 1.29 is 47.3 Å². The zero-order chi connectivity index (χ0) is 10.6. The van der Waals surface area contributed by atoms with E-state index in [9.17, 15) is 8.42 Å². The van der Waals surface area contributed by atoms with Crippen molar-refractivity contribution in [2.45, 2.75) is 0 Å². The molecule has 0 aliphatic heterocycles. The molecule has 2 N–H and O–H groups in total. The second kappa shape index (κ2) is 6.34. The number of methoxy groups -OCH3 is 1. The Kier molecular flexibility index (Phi) is 6.23. The summed E-state index contributed by atoms with van der Waals surface area (Å²) in [7, 11) is -2.53. The minimum atomic E-state index is -4.01. The van der Waals surface area contributed by atoms with E-state index in [2.05, 4.69) is 5.32 Å². The van der Waals surface area contributed by atoms with E-state index < -0.39 is 16.0 Å². The molecule has 0 spiro atoms. The number of nitrogens with one attached hydrogen (secondary N) is 1. The Morgan fingerprint density at radius 2 is 2.00 bits per heavy atom. The van der Waals surface area contributed by atoms with Gasteiger partial charge < -0.3 is 10.1 Å². The fourth-order valence-corrected chi connectivity index (χ4v) is 1.30. The van der Waals surface area contributed by atoms with Gasteiger partial charge in [0.2, 0.25) is 0 Å². The van der Waals surface area contributed by atoms with Crippen molar-refractivity contribution in [3.63, 3.8) is 0 Å². The summed E-state index contributed by atoms with van der Waals surface area (Å²) in [6.45, 7) is 0. The molecule has 0 atom stereocenters. The third-order valence-corrected chi connectivity index (χ3v) is 2.06. The van der Waals surface area contributed by atoms with E-state index in [1.807, 2.05) is 0 Å². The van der Waals surface area contributed by atoms with Crippen LogP contribution in [0, 0.1) is 0 Å². The molecule has 0 aromatic heterocycles. The first-order chi connectivity index (χ1) is 6.53. The Morgan fingerprint density at radius 1 is 1.40 bits per heavy atom. The standard InChI is InChI=1S/C8H11NO4S.Na/c1-13-8-5-3-2-4-7(8)9-6-14(10,11)12;/h2-5,9H,6H2,1H3,(H,10,11,12);/q;+1. The Labute approximate surface area is 111 Å². The van der Waals surface area contributed by atoms with Crippen molar-refractivity contribution in [3.8, 4) is 5.75 Å². The molecule has 0 fully saturated rings. The van der Waals surface area contributed by atoms with Crippen LogP contribution in [-0.4, -0.2) is 26.0 Å². The average Bonchev–Trinajstić information content (AvgIpc) is 2.14. The summed E-state index contributed by atoms with van der Waals surface area (Å²) >= 11 is 0. The summed E-state index contributed by atoms with van der Waals surface area (Å²) in [4.78, 5) is 0. The van der Waals surface area contributed by atoms with E-state index in [-0.39, 0.29) is 29.6 Å². The Hall–Kier alpha value is -0.270. The molecule has 0 amide bonds. The van der Waals surface area contributed by atoms with Gasteiger partial charge in [0.25, 0.3) is 10.1 Å². The van der Waals surface area contributed by atoms with Crippen LogP contribution in [0.2, 0.25) is 0 Å². The number of anilines is 1. The minimum Gasteiger partial charge on any atom is -0.495 e. The molecular weight excluding hydrogens is 229 g/mol. The predicted octanol–water partition coefficient (Wildman–Crippen LogP) is -2.04. The fourth-order valence-electron chi connectivity index (χ4n) is 0.960. The smallest absolute Gasteiger partial charge is 0.495 e. The number of para-hydroxylation sites is 2. The number of ether oxygens (including phenoxy) is 1. The van der Waals surface area contributed by atoms with Crippen LogP contribution in [0.1, 0.15) is 0 Å². The molecule has 0 radical (unpaired) electrons. The summed E-state index contributed by atoms with van der Waals surface area (Å²) in [6, 6.07) is 6.84. The minimum absolute atomic E-state index is 0. The second-order valence-electron chi connectivity index (χ2n) is 2.60. The van der Waals surface area contributed by atoms with Crippen molar-refractivity contribution in [3.05, 3.63) is 24.3 Å². The molecule has 0 aliphatic rings. The van der Waals surface area contributed by atoms with E-state index in [4.69, 9.17) is 9.29 Å². The summed E-state index contributed by atoms with van der Waals surface area (Å²) in [5.41, 5.74) is 0.521. The SMILES string of the molecule is COc1ccccc1NCS(=O)(=O)O.[Na+]. The molecule has 0 unspecified atom stereocenters. The van der Waals surface area contributed by atoms with Crippen molar-refractivity contribution in [2.75, 3.05) is 18.3 Å². The number of benzene rings is 1. The molecule has 78 valence electrons. The van der Waals surface area contributed by atoms with E-state index in [1.165, 1.54) is 7.11 Å². The van der Waals surface area contributed by atoms with Crippen molar-refractivity contribution in [1.29, 1.82) is 0 Å². The molecule has 1 aromatic carbocycles. The maximum atomic E-state index is 10.5. The Morgan fingerprint density at radius 3 is 2.53 bits per heavy atom. The molecule has 7 heteroatoms. The van der Waals surface area contributed by atoms with Crippen LogP contribution in [0.25, 0.3) is 0 Å². The van der Waals surface area contributed by atoms with Crippen molar-refractivity contribution >= 4 is 15.8 Å². The molecular formula is C8H11NNaO4S+. The summed E-state index contributed by atoms with van der Waals surface area (Å²) in [6.07, 6.45) is 0. The molecule has 0 bridgehead atoms. The van der Waals surface area contributed by atoms with E-state index in [0.29, 0.717) is 11.4 Å². The van der Waals surface area contributed by atoms with E-state index in [0.717, 1.165) is 0 Å². The van der Waals surface area contributed by atoms with E-state index in [1.54, 1.807) is 24.3 Å². The van der Waals surface area contributed by atoms with Gasteiger partial charge in [-0.15, -0.1) is 0 Å². The van der Waals surface area contributed by atoms with Crippen LogP contribution in [0.5, 0.6) is 5.75 Å². The first-order valence-electron chi connectivity index (χ1n) is 3.85. The van der Waals surface area contributed by atoms with Gasteiger partial charge in [0.05, 0.1) is 12.8 Å². The first-order valence-corrected chi connectivity index (χ1v) is 5.46. The van der Waals surface area contributed by atoms with Crippen LogP contribution in [0.3, 0.4) is 0 Å². The quantitative estimate of drug-likeness (QED) is 0.468. The van der Waals surface area contributed by atoms with Crippen molar-refractivity contribution in [1.82, 2.24) is 0 Å². The van der Waals surface area contributed by atoms with Crippen LogP contribution in [-0.2, 0) is 10.1 Å². The number of hydrogen-bond acceptors (Lipinski definition) is 4. The second-order valence-corrected chi connectivity index (χ2v) is 4.06. The van der Waals surface area contributed by atoms with Gasteiger partial charge in [0.1, 0.15) is 11.6 Å². The summed E-state index contributed by atoms with van der Waals surface area (Å²) < 4.78 is 34.4. The fraction of sp³-hybridized carbons (Fsp3) is 0.250. The monoisotopic (exact) mass is 240 g/mol. The van der Waals surface area contributed by atoms with Crippen LogP contribution >= 0.6 is 0 Å². The molecule has 0 heterocycles. The summed E-state index contributed by atoms with van der Waals surface area (Å²) in [5, 5.41) is 2.54. The third kappa shape index (κ3) is 5.39. The Bertz CT molecular complexity index is 407.